The van der Waals surface area contributed by atoms with Crippen LogP contribution in [0.25, 0.3) is 0 Å². The number of nitrogens with two attached hydrogens (primary N) is 1. The standard InChI is InChI=1S/C18H24F3N3O3/c19-18(20,21)27-15-6-2-1-4-13(15)7-8-16(25)24-11-3-5-14(12-24)17(26)23-10-9-22/h1-2,4,6,14H,3,5,7-12,22H2,(H,23,26). The predicted octanol–water partition coefficient (Wildman–Crippen LogP) is 1.83. The average Bonchev–Trinajstić information content (AvgIpc) is 2.64. The monoisotopic (exact) mass is 387 g/mol. The lowest BCUT2D eigenvalue weighted by Gasteiger charge is -2.32. The van der Waals surface area contributed by atoms with Gasteiger partial charge in [-0.15, -0.1) is 13.2 Å². The minimum absolute atomic E-state index is 0.0510. The Morgan fingerprint density at radius 3 is 2.74 bits per heavy atom. The van der Waals surface area contributed by atoms with Gasteiger partial charge in [-0.1, -0.05) is 18.2 Å². The number of benzene rings is 1. The van der Waals surface area contributed by atoms with Gasteiger partial charge < -0.3 is 20.7 Å². The summed E-state index contributed by atoms with van der Waals surface area (Å²) in [5.41, 5.74) is 5.68. The summed E-state index contributed by atoms with van der Waals surface area (Å²) < 4.78 is 41.4. The summed E-state index contributed by atoms with van der Waals surface area (Å²) in [6.07, 6.45) is -3.19. The number of hydrogen-bond donors (Lipinski definition) is 2. The van der Waals surface area contributed by atoms with Crippen molar-refractivity contribution in [3.63, 3.8) is 0 Å². The summed E-state index contributed by atoms with van der Waals surface area (Å²) in [6, 6.07) is 5.78. The summed E-state index contributed by atoms with van der Waals surface area (Å²) in [6.45, 7) is 1.59. The first kappa shape index (κ1) is 21.0. The molecule has 0 aromatic heterocycles. The van der Waals surface area contributed by atoms with E-state index in [1.54, 1.807) is 11.0 Å². The van der Waals surface area contributed by atoms with Crippen LogP contribution in [-0.2, 0) is 16.0 Å². The lowest BCUT2D eigenvalue weighted by atomic mass is 9.96. The third kappa shape index (κ3) is 6.74. The summed E-state index contributed by atoms with van der Waals surface area (Å²) in [4.78, 5) is 26.1. The molecule has 0 saturated carbocycles. The first-order chi connectivity index (χ1) is 12.8. The third-order valence-electron chi connectivity index (χ3n) is 4.39. The molecule has 150 valence electrons. The Kier molecular flexibility index (Phi) is 7.46. The van der Waals surface area contributed by atoms with Gasteiger partial charge in [0.15, 0.2) is 0 Å². The number of amides is 2. The van der Waals surface area contributed by atoms with Gasteiger partial charge in [-0.25, -0.2) is 0 Å². The number of halogens is 3. The number of likely N-dealkylation sites (tertiary alicyclic amines) is 1. The largest absolute Gasteiger partial charge is 0.573 e. The maximum atomic E-state index is 12.5. The van der Waals surface area contributed by atoms with Crippen molar-refractivity contribution < 1.29 is 27.5 Å². The van der Waals surface area contributed by atoms with Crippen LogP contribution in [0.1, 0.15) is 24.8 Å². The van der Waals surface area contributed by atoms with E-state index in [4.69, 9.17) is 5.73 Å². The Bertz CT molecular complexity index is 652. The zero-order chi connectivity index (χ0) is 19.9. The quantitative estimate of drug-likeness (QED) is 0.748. The number of carbonyl (C=O) groups is 2. The number of rotatable bonds is 7. The van der Waals surface area contributed by atoms with Crippen molar-refractivity contribution in [1.82, 2.24) is 10.2 Å². The molecule has 2 rings (SSSR count). The van der Waals surface area contributed by atoms with Crippen LogP contribution < -0.4 is 15.8 Å². The molecule has 0 spiro atoms. The zero-order valence-electron chi connectivity index (χ0n) is 14.9. The van der Waals surface area contributed by atoms with Gasteiger partial charge >= 0.3 is 6.36 Å². The van der Waals surface area contributed by atoms with Gasteiger partial charge in [0.05, 0.1) is 5.92 Å². The number of piperidine rings is 1. The van der Waals surface area contributed by atoms with Crippen molar-refractivity contribution in [2.75, 3.05) is 26.2 Å². The second-order valence-corrected chi connectivity index (χ2v) is 6.41. The van der Waals surface area contributed by atoms with Gasteiger partial charge in [0.2, 0.25) is 11.8 Å². The van der Waals surface area contributed by atoms with E-state index in [2.05, 4.69) is 10.1 Å². The van der Waals surface area contributed by atoms with E-state index >= 15 is 0 Å². The van der Waals surface area contributed by atoms with Crippen molar-refractivity contribution in [3.8, 4) is 5.75 Å². The molecule has 1 saturated heterocycles. The van der Waals surface area contributed by atoms with Crippen molar-refractivity contribution >= 4 is 11.8 Å². The lowest BCUT2D eigenvalue weighted by Crippen LogP contribution is -2.46. The van der Waals surface area contributed by atoms with Crippen LogP contribution in [0.2, 0.25) is 0 Å². The van der Waals surface area contributed by atoms with Crippen molar-refractivity contribution in [3.05, 3.63) is 29.8 Å². The Morgan fingerprint density at radius 2 is 2.04 bits per heavy atom. The molecule has 6 nitrogen and oxygen atoms in total. The molecule has 0 bridgehead atoms. The summed E-state index contributed by atoms with van der Waals surface area (Å²) >= 11 is 0. The molecule has 27 heavy (non-hydrogen) atoms. The van der Waals surface area contributed by atoms with Crippen molar-refractivity contribution in [1.29, 1.82) is 0 Å². The molecule has 0 aliphatic carbocycles. The zero-order valence-corrected chi connectivity index (χ0v) is 14.9. The van der Waals surface area contributed by atoms with Gasteiger partial charge in [-0.2, -0.15) is 0 Å². The van der Waals surface area contributed by atoms with E-state index in [0.717, 1.165) is 0 Å². The molecule has 3 N–H and O–H groups in total. The number of ether oxygens (including phenoxy) is 1. The van der Waals surface area contributed by atoms with Gasteiger partial charge in [-0.3, -0.25) is 9.59 Å². The highest BCUT2D eigenvalue weighted by atomic mass is 19.4. The minimum atomic E-state index is -4.78. The van der Waals surface area contributed by atoms with E-state index < -0.39 is 6.36 Å². The first-order valence-corrected chi connectivity index (χ1v) is 8.89. The van der Waals surface area contributed by atoms with Gasteiger partial charge in [-0.05, 0) is 30.9 Å². The average molecular weight is 387 g/mol. The molecule has 0 radical (unpaired) electrons. The molecule has 2 amide bonds. The molecule has 1 aromatic carbocycles. The fourth-order valence-electron chi connectivity index (χ4n) is 3.09. The predicted molar refractivity (Wildman–Crippen MR) is 92.8 cm³/mol. The van der Waals surface area contributed by atoms with E-state index in [-0.39, 0.29) is 36.3 Å². The molecule has 1 heterocycles. The molecule has 1 fully saturated rings. The molecule has 1 atom stereocenters. The Balaban J connectivity index is 1.91. The Morgan fingerprint density at radius 1 is 1.30 bits per heavy atom. The van der Waals surface area contributed by atoms with Gasteiger partial charge in [0, 0.05) is 32.6 Å². The fourth-order valence-corrected chi connectivity index (χ4v) is 3.09. The van der Waals surface area contributed by atoms with Crippen LogP contribution in [-0.4, -0.2) is 49.3 Å². The van der Waals surface area contributed by atoms with Crippen molar-refractivity contribution in [2.45, 2.75) is 32.0 Å². The molecule has 1 aliphatic heterocycles. The third-order valence-corrected chi connectivity index (χ3v) is 4.39. The topological polar surface area (TPSA) is 84.7 Å². The normalized spacial score (nSPS) is 17.5. The van der Waals surface area contributed by atoms with Crippen LogP contribution >= 0.6 is 0 Å². The van der Waals surface area contributed by atoms with E-state index in [1.165, 1.54) is 18.2 Å². The summed E-state index contributed by atoms with van der Waals surface area (Å²) in [5, 5.41) is 2.72. The smallest absolute Gasteiger partial charge is 0.406 e. The van der Waals surface area contributed by atoms with Crippen LogP contribution in [0.3, 0.4) is 0 Å². The number of nitrogens with one attached hydrogen (secondary N) is 1. The van der Waals surface area contributed by atoms with Crippen molar-refractivity contribution in [2.24, 2.45) is 11.7 Å². The molecule has 1 aliphatic rings. The van der Waals surface area contributed by atoms with Crippen LogP contribution in [0.4, 0.5) is 13.2 Å². The fraction of sp³-hybridized carbons (Fsp3) is 0.556. The second-order valence-electron chi connectivity index (χ2n) is 6.41. The van der Waals surface area contributed by atoms with E-state index in [1.807, 2.05) is 0 Å². The molecular formula is C18H24F3N3O3. The number of para-hydroxylation sites is 1. The number of alkyl halides is 3. The molecule has 9 heteroatoms. The minimum Gasteiger partial charge on any atom is -0.406 e. The van der Waals surface area contributed by atoms with E-state index in [0.29, 0.717) is 44.6 Å². The summed E-state index contributed by atoms with van der Waals surface area (Å²) in [5.74, 6) is -0.888. The highest BCUT2D eigenvalue weighted by molar-refractivity contribution is 5.81. The number of hydrogen-bond acceptors (Lipinski definition) is 4. The van der Waals surface area contributed by atoms with Crippen LogP contribution in [0.15, 0.2) is 24.3 Å². The second kappa shape index (κ2) is 9.59. The number of carbonyl (C=O) groups excluding carboxylic acids is 2. The highest BCUT2D eigenvalue weighted by Crippen LogP contribution is 2.27. The molecular weight excluding hydrogens is 363 g/mol. The Hall–Kier alpha value is -2.29. The van der Waals surface area contributed by atoms with Crippen LogP contribution in [0.5, 0.6) is 5.75 Å². The number of aryl methyl sites for hydroxylation is 1. The lowest BCUT2D eigenvalue weighted by molar-refractivity contribution is -0.274. The van der Waals surface area contributed by atoms with Gasteiger partial charge in [0.25, 0.3) is 0 Å². The maximum Gasteiger partial charge on any atom is 0.573 e. The molecule has 1 unspecified atom stereocenters. The maximum absolute atomic E-state index is 12.5. The number of nitrogens with zero attached hydrogens (tertiary/aromatic N) is 1. The van der Waals surface area contributed by atoms with Crippen LogP contribution in [0, 0.1) is 5.92 Å². The Labute approximate surface area is 155 Å². The molecule has 1 aromatic rings. The first-order valence-electron chi connectivity index (χ1n) is 8.89. The SMILES string of the molecule is NCCNC(=O)C1CCCN(C(=O)CCc2ccccc2OC(F)(F)F)C1. The van der Waals surface area contributed by atoms with E-state index in [9.17, 15) is 22.8 Å². The van der Waals surface area contributed by atoms with Gasteiger partial charge in [0.1, 0.15) is 5.75 Å². The highest BCUT2D eigenvalue weighted by Gasteiger charge is 2.32. The summed E-state index contributed by atoms with van der Waals surface area (Å²) in [7, 11) is 0.